The van der Waals surface area contributed by atoms with E-state index in [1.807, 2.05) is 0 Å². The summed E-state index contributed by atoms with van der Waals surface area (Å²) in [5.74, 6) is 1.77. The number of hydrogen-bond donors (Lipinski definition) is 2. The van der Waals surface area contributed by atoms with Crippen molar-refractivity contribution in [1.82, 2.24) is 10.3 Å². The first kappa shape index (κ1) is 20.7. The van der Waals surface area contributed by atoms with Gasteiger partial charge in [-0.1, -0.05) is 42.5 Å². The Kier molecular flexibility index (Phi) is 6.53. The van der Waals surface area contributed by atoms with Crippen LogP contribution in [-0.2, 0) is 6.54 Å². The molecule has 1 saturated carbocycles. The molecular weight excluding hydrogens is 368 g/mol. The minimum absolute atomic E-state index is 0.515. The Morgan fingerprint density at radius 1 is 0.967 bits per heavy atom. The number of fused-ring (bicyclic) bond motifs is 1. The molecule has 0 spiro atoms. The summed E-state index contributed by atoms with van der Waals surface area (Å²) in [7, 11) is 4.20. The molecule has 0 saturated heterocycles. The molecule has 3 aromatic rings. The average molecular weight is 403 g/mol. The molecule has 2 N–H and O–H groups in total. The highest BCUT2D eigenvalue weighted by Gasteiger charge is 2.21. The molecule has 1 aliphatic rings. The van der Waals surface area contributed by atoms with Crippen molar-refractivity contribution in [3.05, 3.63) is 65.7 Å². The van der Waals surface area contributed by atoms with Crippen molar-refractivity contribution in [3.8, 4) is 0 Å². The normalized spacial score (nSPS) is 19.0. The first-order chi connectivity index (χ1) is 14.6. The van der Waals surface area contributed by atoms with Crippen LogP contribution in [-0.4, -0.2) is 31.7 Å². The van der Waals surface area contributed by atoms with Gasteiger partial charge in [-0.05, 0) is 62.3 Å². The van der Waals surface area contributed by atoms with Gasteiger partial charge in [-0.25, -0.2) is 4.98 Å². The summed E-state index contributed by atoms with van der Waals surface area (Å²) in [6.45, 7) is 4.27. The van der Waals surface area contributed by atoms with Crippen molar-refractivity contribution in [3.63, 3.8) is 0 Å². The Morgan fingerprint density at radius 2 is 1.70 bits per heavy atom. The zero-order valence-electron chi connectivity index (χ0n) is 18.5. The first-order valence-electron chi connectivity index (χ1n) is 11.2. The zero-order valence-corrected chi connectivity index (χ0v) is 18.5. The van der Waals surface area contributed by atoms with Crippen molar-refractivity contribution < 1.29 is 0 Å². The van der Waals surface area contributed by atoms with Crippen LogP contribution < -0.4 is 15.5 Å². The van der Waals surface area contributed by atoms with Crippen LogP contribution in [0.5, 0.6) is 0 Å². The van der Waals surface area contributed by atoms with Crippen molar-refractivity contribution in [2.45, 2.75) is 45.2 Å². The maximum Gasteiger partial charge on any atom is 0.128 e. The van der Waals surface area contributed by atoms with Gasteiger partial charge in [0.05, 0.1) is 5.52 Å². The fourth-order valence-electron chi connectivity index (χ4n) is 4.54. The quantitative estimate of drug-likeness (QED) is 0.557. The van der Waals surface area contributed by atoms with Gasteiger partial charge in [-0.3, -0.25) is 0 Å². The van der Waals surface area contributed by atoms with E-state index in [-0.39, 0.29) is 0 Å². The van der Waals surface area contributed by atoms with E-state index in [0.29, 0.717) is 6.04 Å². The van der Waals surface area contributed by atoms with Crippen molar-refractivity contribution >= 4 is 22.4 Å². The SMILES string of the molecule is Cc1ccccc1CNC[C@H]1CC[C@@H](Nc2cc(N(C)C)c3ccccc3n2)CC1. The molecule has 0 amide bonds. The Balaban J connectivity index is 1.30. The molecule has 1 heterocycles. The van der Waals surface area contributed by atoms with Crippen molar-refractivity contribution in [1.29, 1.82) is 0 Å². The number of aromatic nitrogens is 1. The molecule has 0 atom stereocenters. The Morgan fingerprint density at radius 3 is 2.47 bits per heavy atom. The number of benzene rings is 2. The highest BCUT2D eigenvalue weighted by Crippen LogP contribution is 2.30. The summed E-state index contributed by atoms with van der Waals surface area (Å²) in [5.41, 5.74) is 5.06. The number of pyridine rings is 1. The van der Waals surface area contributed by atoms with Gasteiger partial charge in [-0.2, -0.15) is 0 Å². The summed E-state index contributed by atoms with van der Waals surface area (Å²) >= 11 is 0. The van der Waals surface area contributed by atoms with E-state index in [2.05, 4.69) is 91.1 Å². The Hall–Kier alpha value is -2.59. The van der Waals surface area contributed by atoms with Crippen LogP contribution in [0.3, 0.4) is 0 Å². The smallest absolute Gasteiger partial charge is 0.128 e. The zero-order chi connectivity index (χ0) is 20.9. The van der Waals surface area contributed by atoms with Crippen LogP contribution >= 0.6 is 0 Å². The molecule has 30 heavy (non-hydrogen) atoms. The molecular formula is C26H34N4. The van der Waals surface area contributed by atoms with Gasteiger partial charge >= 0.3 is 0 Å². The van der Waals surface area contributed by atoms with Crippen molar-refractivity contribution in [2.24, 2.45) is 5.92 Å². The predicted molar refractivity (Wildman–Crippen MR) is 128 cm³/mol. The van der Waals surface area contributed by atoms with Gasteiger partial charge in [0.2, 0.25) is 0 Å². The molecule has 0 unspecified atom stereocenters. The van der Waals surface area contributed by atoms with E-state index in [9.17, 15) is 0 Å². The average Bonchev–Trinajstić information content (AvgIpc) is 2.75. The van der Waals surface area contributed by atoms with Gasteiger partial charge in [0.1, 0.15) is 5.82 Å². The third kappa shape index (κ3) is 4.93. The third-order valence-corrected chi connectivity index (χ3v) is 6.38. The number of nitrogens with one attached hydrogen (secondary N) is 2. The summed E-state index contributed by atoms with van der Waals surface area (Å²) in [5, 5.41) is 8.60. The number of hydrogen-bond acceptors (Lipinski definition) is 4. The van der Waals surface area contributed by atoms with E-state index in [1.54, 1.807) is 0 Å². The molecule has 1 aliphatic carbocycles. The molecule has 1 aromatic heterocycles. The lowest BCUT2D eigenvalue weighted by Crippen LogP contribution is -2.31. The largest absolute Gasteiger partial charge is 0.377 e. The van der Waals surface area contributed by atoms with Crippen LogP contribution in [0.4, 0.5) is 11.5 Å². The molecule has 158 valence electrons. The lowest BCUT2D eigenvalue weighted by Gasteiger charge is -2.30. The molecule has 4 nitrogen and oxygen atoms in total. The second-order valence-corrected chi connectivity index (χ2v) is 8.86. The number of rotatable bonds is 7. The minimum atomic E-state index is 0.515. The fraction of sp³-hybridized carbons (Fsp3) is 0.423. The summed E-state index contributed by atoms with van der Waals surface area (Å²) in [4.78, 5) is 7.05. The van der Waals surface area contributed by atoms with Crippen LogP contribution in [0.2, 0.25) is 0 Å². The lowest BCUT2D eigenvalue weighted by atomic mass is 9.86. The van der Waals surface area contributed by atoms with E-state index < -0.39 is 0 Å². The monoisotopic (exact) mass is 402 g/mol. The second kappa shape index (κ2) is 9.48. The maximum atomic E-state index is 4.87. The Bertz CT molecular complexity index is 974. The van der Waals surface area contributed by atoms with Crippen molar-refractivity contribution in [2.75, 3.05) is 30.9 Å². The number of para-hydroxylation sites is 1. The number of nitrogens with zero attached hydrogens (tertiary/aromatic N) is 2. The molecule has 4 rings (SSSR count). The first-order valence-corrected chi connectivity index (χ1v) is 11.2. The van der Waals surface area contributed by atoms with Crippen LogP contribution in [0.25, 0.3) is 10.9 Å². The number of aryl methyl sites for hydroxylation is 1. The summed E-state index contributed by atoms with van der Waals surface area (Å²) < 4.78 is 0. The minimum Gasteiger partial charge on any atom is -0.377 e. The summed E-state index contributed by atoms with van der Waals surface area (Å²) in [6.07, 6.45) is 4.96. The van der Waals surface area contributed by atoms with Crippen LogP contribution in [0.15, 0.2) is 54.6 Å². The second-order valence-electron chi connectivity index (χ2n) is 8.86. The van der Waals surface area contributed by atoms with Gasteiger partial charge in [-0.15, -0.1) is 0 Å². The van der Waals surface area contributed by atoms with E-state index in [0.717, 1.165) is 30.3 Å². The maximum absolute atomic E-state index is 4.87. The highest BCUT2D eigenvalue weighted by atomic mass is 15.1. The molecule has 0 aliphatic heterocycles. The molecule has 1 fully saturated rings. The standard InChI is InChI=1S/C26H34N4/c1-19-8-4-5-9-21(19)18-27-17-20-12-14-22(15-13-20)28-26-16-25(30(2)3)23-10-6-7-11-24(23)29-26/h4-11,16,20,22,27H,12-15,17-18H2,1-3H3,(H,28,29)/t20-,22+. The Labute approximate surface area is 180 Å². The van der Waals surface area contributed by atoms with Gasteiger partial charge in [0.15, 0.2) is 0 Å². The summed E-state index contributed by atoms with van der Waals surface area (Å²) in [6, 6.07) is 19.8. The van der Waals surface area contributed by atoms with Crippen LogP contribution in [0.1, 0.15) is 36.8 Å². The third-order valence-electron chi connectivity index (χ3n) is 6.38. The topological polar surface area (TPSA) is 40.2 Å². The molecule has 0 bridgehead atoms. The van der Waals surface area contributed by atoms with E-state index in [4.69, 9.17) is 4.98 Å². The fourth-order valence-corrected chi connectivity index (χ4v) is 4.54. The van der Waals surface area contributed by atoms with E-state index >= 15 is 0 Å². The van der Waals surface area contributed by atoms with Gasteiger partial charge in [0.25, 0.3) is 0 Å². The van der Waals surface area contributed by atoms with E-state index in [1.165, 1.54) is 47.9 Å². The number of anilines is 2. The predicted octanol–water partition coefficient (Wildman–Crippen LogP) is 5.37. The van der Waals surface area contributed by atoms with Gasteiger partial charge < -0.3 is 15.5 Å². The highest BCUT2D eigenvalue weighted by molar-refractivity contribution is 5.93. The molecule has 0 radical (unpaired) electrons. The molecule has 4 heteroatoms. The van der Waals surface area contributed by atoms with Crippen LogP contribution in [0, 0.1) is 12.8 Å². The molecule has 2 aromatic carbocycles. The van der Waals surface area contributed by atoms with Gasteiger partial charge in [0, 0.05) is 43.8 Å². The lowest BCUT2D eigenvalue weighted by molar-refractivity contribution is 0.324.